The number of aryl methyl sites for hydroxylation is 2. The quantitative estimate of drug-likeness (QED) is 0.412. The van der Waals surface area contributed by atoms with Gasteiger partial charge >= 0.3 is 0 Å². The second-order valence-corrected chi connectivity index (χ2v) is 8.60. The van der Waals surface area contributed by atoms with Gasteiger partial charge in [0.15, 0.2) is 5.65 Å². The van der Waals surface area contributed by atoms with Gasteiger partial charge < -0.3 is 5.73 Å². The average molecular weight is 475 g/mol. The number of para-hydroxylation sites is 1. The fraction of sp³-hybridized carbons (Fsp3) is 0.111. The van der Waals surface area contributed by atoms with Crippen molar-refractivity contribution in [1.82, 2.24) is 34.3 Å². The maximum absolute atomic E-state index is 13.9. The first-order valence-electron chi connectivity index (χ1n) is 11.5. The highest BCUT2D eigenvalue weighted by molar-refractivity contribution is 5.97. The van der Waals surface area contributed by atoms with Crippen molar-refractivity contribution in [3.63, 3.8) is 0 Å². The standard InChI is InChI=1S/C27H22N8O/c1-16-8-3-4-12-20(16)35-21(32-18-11-7-9-17(2)22(18)27(35)36)14-34-26-23(25(28)30-15-31-26)24(33-34)19-10-5-6-13-29-19/h3-13,15H,14H2,1-2H3,(H2,28,30,31). The summed E-state index contributed by atoms with van der Waals surface area (Å²) in [7, 11) is 0. The second kappa shape index (κ2) is 8.38. The van der Waals surface area contributed by atoms with E-state index in [2.05, 4.69) is 15.0 Å². The molecule has 0 atom stereocenters. The normalized spacial score (nSPS) is 11.4. The summed E-state index contributed by atoms with van der Waals surface area (Å²) in [6.45, 7) is 4.09. The molecule has 4 heterocycles. The van der Waals surface area contributed by atoms with Crippen molar-refractivity contribution < 1.29 is 0 Å². The van der Waals surface area contributed by atoms with E-state index in [0.717, 1.165) is 16.8 Å². The third-order valence-corrected chi connectivity index (χ3v) is 6.29. The Kier molecular flexibility index (Phi) is 5.03. The molecular formula is C27H22N8O. The van der Waals surface area contributed by atoms with Gasteiger partial charge in [-0.1, -0.05) is 36.4 Å². The molecule has 4 aromatic heterocycles. The van der Waals surface area contributed by atoms with Crippen LogP contribution in [-0.4, -0.2) is 34.3 Å². The average Bonchev–Trinajstić information content (AvgIpc) is 3.25. The molecule has 6 rings (SSSR count). The Morgan fingerprint density at radius 1 is 0.861 bits per heavy atom. The zero-order valence-electron chi connectivity index (χ0n) is 19.8. The molecule has 0 unspecified atom stereocenters. The van der Waals surface area contributed by atoms with Crippen LogP contribution in [0.25, 0.3) is 39.0 Å². The van der Waals surface area contributed by atoms with Crippen LogP contribution in [0.2, 0.25) is 0 Å². The van der Waals surface area contributed by atoms with Crippen LogP contribution < -0.4 is 11.3 Å². The number of aromatic nitrogens is 7. The number of nitrogens with zero attached hydrogens (tertiary/aromatic N) is 7. The number of pyridine rings is 1. The third kappa shape index (κ3) is 3.40. The number of nitrogens with two attached hydrogens (primary N) is 1. The molecule has 0 amide bonds. The molecule has 0 spiro atoms. The Balaban J connectivity index is 1.63. The van der Waals surface area contributed by atoms with Crippen molar-refractivity contribution in [2.24, 2.45) is 0 Å². The molecule has 0 bridgehead atoms. The van der Waals surface area contributed by atoms with Crippen LogP contribution in [0, 0.1) is 13.8 Å². The Morgan fingerprint density at radius 2 is 1.67 bits per heavy atom. The number of fused-ring (bicyclic) bond motifs is 2. The van der Waals surface area contributed by atoms with E-state index in [9.17, 15) is 4.79 Å². The maximum Gasteiger partial charge on any atom is 0.266 e. The molecule has 0 saturated heterocycles. The van der Waals surface area contributed by atoms with Crippen LogP contribution in [0.3, 0.4) is 0 Å². The number of hydrogen-bond acceptors (Lipinski definition) is 7. The lowest BCUT2D eigenvalue weighted by atomic mass is 10.1. The summed E-state index contributed by atoms with van der Waals surface area (Å²) in [4.78, 5) is 31.9. The van der Waals surface area contributed by atoms with Crippen molar-refractivity contribution in [3.8, 4) is 17.1 Å². The number of hydrogen-bond donors (Lipinski definition) is 1. The summed E-state index contributed by atoms with van der Waals surface area (Å²) in [6.07, 6.45) is 3.10. The molecule has 0 aliphatic carbocycles. The zero-order valence-corrected chi connectivity index (χ0v) is 19.8. The van der Waals surface area contributed by atoms with E-state index in [1.165, 1.54) is 6.33 Å². The van der Waals surface area contributed by atoms with Crippen molar-refractivity contribution >= 4 is 27.8 Å². The van der Waals surface area contributed by atoms with Gasteiger partial charge in [0.25, 0.3) is 5.56 Å². The van der Waals surface area contributed by atoms with E-state index in [0.29, 0.717) is 45.0 Å². The molecule has 0 radical (unpaired) electrons. The largest absolute Gasteiger partial charge is 0.383 e. The number of nitrogen functional groups attached to an aromatic ring is 1. The van der Waals surface area contributed by atoms with Crippen LogP contribution in [0.15, 0.2) is 78.0 Å². The van der Waals surface area contributed by atoms with Gasteiger partial charge in [0, 0.05) is 6.20 Å². The predicted octanol–water partition coefficient (Wildman–Crippen LogP) is 3.83. The van der Waals surface area contributed by atoms with E-state index in [-0.39, 0.29) is 12.1 Å². The Hall–Kier alpha value is -4.92. The monoisotopic (exact) mass is 474 g/mol. The van der Waals surface area contributed by atoms with Crippen molar-refractivity contribution in [2.75, 3.05) is 5.73 Å². The molecule has 9 nitrogen and oxygen atoms in total. The summed E-state index contributed by atoms with van der Waals surface area (Å²) in [5.41, 5.74) is 11.1. The maximum atomic E-state index is 13.9. The van der Waals surface area contributed by atoms with Crippen LogP contribution in [0.4, 0.5) is 5.82 Å². The van der Waals surface area contributed by atoms with Crippen molar-refractivity contribution in [3.05, 3.63) is 100 Å². The van der Waals surface area contributed by atoms with Crippen LogP contribution >= 0.6 is 0 Å². The van der Waals surface area contributed by atoms with Gasteiger partial charge in [-0.2, -0.15) is 5.10 Å². The number of rotatable bonds is 4. The second-order valence-electron chi connectivity index (χ2n) is 8.60. The van der Waals surface area contributed by atoms with Crippen LogP contribution in [0.5, 0.6) is 0 Å². The molecule has 36 heavy (non-hydrogen) atoms. The highest BCUT2D eigenvalue weighted by atomic mass is 16.1. The Labute approximate surface area is 205 Å². The summed E-state index contributed by atoms with van der Waals surface area (Å²) >= 11 is 0. The smallest absolute Gasteiger partial charge is 0.266 e. The minimum Gasteiger partial charge on any atom is -0.383 e. The fourth-order valence-corrected chi connectivity index (χ4v) is 4.57. The summed E-state index contributed by atoms with van der Waals surface area (Å²) in [5.74, 6) is 0.840. The van der Waals surface area contributed by atoms with E-state index in [1.807, 2.05) is 74.5 Å². The fourth-order valence-electron chi connectivity index (χ4n) is 4.57. The third-order valence-electron chi connectivity index (χ3n) is 6.29. The molecule has 2 aromatic carbocycles. The van der Waals surface area contributed by atoms with Crippen LogP contribution in [-0.2, 0) is 6.54 Å². The molecule has 0 aliphatic rings. The van der Waals surface area contributed by atoms with Crippen LogP contribution in [0.1, 0.15) is 17.0 Å². The van der Waals surface area contributed by atoms with E-state index in [1.54, 1.807) is 15.4 Å². The lowest BCUT2D eigenvalue weighted by Gasteiger charge is -2.16. The van der Waals surface area contributed by atoms with Gasteiger partial charge in [-0.3, -0.25) is 14.3 Å². The SMILES string of the molecule is Cc1ccccc1-n1c(Cn2nc(-c3ccccn3)c3c(N)ncnc32)nc2cccc(C)c2c1=O. The summed E-state index contributed by atoms with van der Waals surface area (Å²) < 4.78 is 3.37. The Morgan fingerprint density at radius 3 is 2.47 bits per heavy atom. The molecule has 9 heteroatoms. The van der Waals surface area contributed by atoms with Crippen molar-refractivity contribution in [1.29, 1.82) is 0 Å². The van der Waals surface area contributed by atoms with Crippen molar-refractivity contribution in [2.45, 2.75) is 20.4 Å². The van der Waals surface area contributed by atoms with Gasteiger partial charge in [-0.05, 0) is 49.2 Å². The molecule has 2 N–H and O–H groups in total. The van der Waals surface area contributed by atoms with Gasteiger partial charge in [-0.25, -0.2) is 19.6 Å². The van der Waals surface area contributed by atoms with Gasteiger partial charge in [0.2, 0.25) is 0 Å². The molecule has 0 fully saturated rings. The number of benzene rings is 2. The first kappa shape index (κ1) is 21.6. The van der Waals surface area contributed by atoms with E-state index in [4.69, 9.17) is 15.8 Å². The minimum atomic E-state index is -0.127. The van der Waals surface area contributed by atoms with E-state index >= 15 is 0 Å². The zero-order chi connectivity index (χ0) is 24.8. The van der Waals surface area contributed by atoms with E-state index < -0.39 is 0 Å². The number of anilines is 1. The highest BCUT2D eigenvalue weighted by Gasteiger charge is 2.21. The molecule has 6 aromatic rings. The highest BCUT2D eigenvalue weighted by Crippen LogP contribution is 2.29. The lowest BCUT2D eigenvalue weighted by Crippen LogP contribution is -2.26. The summed E-state index contributed by atoms with van der Waals surface area (Å²) in [6, 6.07) is 19.0. The first-order chi connectivity index (χ1) is 17.5. The van der Waals surface area contributed by atoms with Gasteiger partial charge in [0.05, 0.1) is 27.7 Å². The predicted molar refractivity (Wildman–Crippen MR) is 139 cm³/mol. The summed E-state index contributed by atoms with van der Waals surface area (Å²) in [5, 5.41) is 6.02. The molecule has 0 aliphatic heterocycles. The molecule has 176 valence electrons. The first-order valence-corrected chi connectivity index (χ1v) is 11.5. The topological polar surface area (TPSA) is 117 Å². The molecule has 0 saturated carbocycles. The Bertz CT molecular complexity index is 1820. The lowest BCUT2D eigenvalue weighted by molar-refractivity contribution is 0.650. The molecular weight excluding hydrogens is 452 g/mol. The minimum absolute atomic E-state index is 0.127. The van der Waals surface area contributed by atoms with Gasteiger partial charge in [0.1, 0.15) is 30.2 Å². The van der Waals surface area contributed by atoms with Gasteiger partial charge in [-0.15, -0.1) is 0 Å².